The molecular weight excluding hydrogens is 314 g/mol. The predicted octanol–water partition coefficient (Wildman–Crippen LogP) is 2.28. The van der Waals surface area contributed by atoms with E-state index in [1.165, 1.54) is 0 Å². The molecule has 2 heterocycles. The Kier molecular flexibility index (Phi) is 4.68. The quantitative estimate of drug-likeness (QED) is 0.937. The molecule has 6 heteroatoms. The smallest absolute Gasteiger partial charge is 0.257 e. The number of halogens is 1. The van der Waals surface area contributed by atoms with E-state index in [2.05, 4.69) is 5.10 Å². The molecule has 1 aliphatic rings. The SMILES string of the molecule is Cn1cc(C(=O)N2CCC[C@H](O)[C@@H]2Cc2ccc(Cl)cc2)cn1. The number of amides is 1. The molecule has 0 bridgehead atoms. The van der Waals surface area contributed by atoms with Gasteiger partial charge in [-0.25, -0.2) is 0 Å². The molecule has 1 N–H and O–H groups in total. The van der Waals surface area contributed by atoms with Crippen LogP contribution in [-0.4, -0.2) is 44.4 Å². The van der Waals surface area contributed by atoms with Crippen molar-refractivity contribution >= 4 is 17.5 Å². The average molecular weight is 334 g/mol. The van der Waals surface area contributed by atoms with Crippen molar-refractivity contribution in [3.8, 4) is 0 Å². The van der Waals surface area contributed by atoms with E-state index < -0.39 is 6.10 Å². The zero-order valence-corrected chi connectivity index (χ0v) is 13.8. The van der Waals surface area contributed by atoms with Gasteiger partial charge in [0.05, 0.1) is 23.9 Å². The number of aryl methyl sites for hydroxylation is 1. The monoisotopic (exact) mass is 333 g/mol. The lowest BCUT2D eigenvalue weighted by molar-refractivity contribution is 0.0118. The Balaban J connectivity index is 1.81. The van der Waals surface area contributed by atoms with Gasteiger partial charge in [-0.05, 0) is 37.0 Å². The second-order valence-corrected chi connectivity index (χ2v) is 6.45. The summed E-state index contributed by atoms with van der Waals surface area (Å²) in [6.07, 6.45) is 4.91. The van der Waals surface area contributed by atoms with Crippen LogP contribution < -0.4 is 0 Å². The molecule has 1 aliphatic heterocycles. The number of benzene rings is 1. The number of nitrogens with zero attached hydrogens (tertiary/aromatic N) is 3. The molecule has 0 unspecified atom stereocenters. The van der Waals surface area contributed by atoms with E-state index in [9.17, 15) is 9.90 Å². The standard InChI is InChI=1S/C17H20ClN3O2/c1-20-11-13(10-19-20)17(23)21-8-2-3-16(22)15(21)9-12-4-6-14(18)7-5-12/h4-7,10-11,15-16,22H,2-3,8-9H2,1H3/t15-,16-/m0/s1. The molecular formula is C17H20ClN3O2. The molecule has 1 aromatic heterocycles. The van der Waals surface area contributed by atoms with E-state index >= 15 is 0 Å². The lowest BCUT2D eigenvalue weighted by Gasteiger charge is -2.39. The fourth-order valence-electron chi connectivity index (χ4n) is 3.09. The van der Waals surface area contributed by atoms with Crippen LogP contribution in [0.25, 0.3) is 0 Å². The fourth-order valence-corrected chi connectivity index (χ4v) is 3.22. The van der Waals surface area contributed by atoms with Crippen molar-refractivity contribution < 1.29 is 9.90 Å². The first-order valence-electron chi connectivity index (χ1n) is 7.77. The van der Waals surface area contributed by atoms with Crippen LogP contribution in [0.5, 0.6) is 0 Å². The van der Waals surface area contributed by atoms with E-state index in [0.29, 0.717) is 23.6 Å². The highest BCUT2D eigenvalue weighted by Gasteiger charge is 2.34. The van der Waals surface area contributed by atoms with Gasteiger partial charge in [0.2, 0.25) is 0 Å². The van der Waals surface area contributed by atoms with E-state index in [1.54, 1.807) is 29.0 Å². The number of aromatic nitrogens is 2. The van der Waals surface area contributed by atoms with Crippen LogP contribution in [0, 0.1) is 0 Å². The zero-order valence-electron chi connectivity index (χ0n) is 13.0. The first kappa shape index (κ1) is 16.0. The minimum Gasteiger partial charge on any atom is -0.391 e. The van der Waals surface area contributed by atoms with Gasteiger partial charge in [-0.3, -0.25) is 9.48 Å². The third kappa shape index (κ3) is 3.57. The highest BCUT2D eigenvalue weighted by atomic mass is 35.5. The maximum atomic E-state index is 12.8. The Morgan fingerprint density at radius 3 is 2.78 bits per heavy atom. The molecule has 2 aromatic rings. The molecule has 0 radical (unpaired) electrons. The summed E-state index contributed by atoms with van der Waals surface area (Å²) in [6.45, 7) is 0.656. The highest BCUT2D eigenvalue weighted by Crippen LogP contribution is 2.24. The summed E-state index contributed by atoms with van der Waals surface area (Å²) < 4.78 is 1.61. The average Bonchev–Trinajstić information content (AvgIpc) is 2.97. The van der Waals surface area contributed by atoms with Gasteiger partial charge in [0, 0.05) is 24.8 Å². The second kappa shape index (κ2) is 6.72. The predicted molar refractivity (Wildman–Crippen MR) is 88.4 cm³/mol. The number of carbonyl (C=O) groups excluding carboxylic acids is 1. The number of hydrogen-bond acceptors (Lipinski definition) is 3. The topological polar surface area (TPSA) is 58.4 Å². The number of piperidine rings is 1. The van der Waals surface area contributed by atoms with Crippen LogP contribution in [0.1, 0.15) is 28.8 Å². The van der Waals surface area contributed by atoms with E-state index in [0.717, 1.165) is 18.4 Å². The Morgan fingerprint density at radius 1 is 1.39 bits per heavy atom. The molecule has 122 valence electrons. The first-order valence-corrected chi connectivity index (χ1v) is 8.14. The van der Waals surface area contributed by atoms with Crippen molar-refractivity contribution in [2.75, 3.05) is 6.54 Å². The van der Waals surface area contributed by atoms with Crippen molar-refractivity contribution in [3.05, 3.63) is 52.8 Å². The highest BCUT2D eigenvalue weighted by molar-refractivity contribution is 6.30. The molecule has 1 amide bonds. The normalized spacial score (nSPS) is 21.4. The fraction of sp³-hybridized carbons (Fsp3) is 0.412. The lowest BCUT2D eigenvalue weighted by atomic mass is 9.92. The lowest BCUT2D eigenvalue weighted by Crippen LogP contribution is -2.52. The third-order valence-electron chi connectivity index (χ3n) is 4.31. The molecule has 1 aromatic carbocycles. The maximum Gasteiger partial charge on any atom is 0.257 e. The molecule has 3 rings (SSSR count). The number of likely N-dealkylation sites (tertiary alicyclic amines) is 1. The Morgan fingerprint density at radius 2 is 2.13 bits per heavy atom. The summed E-state index contributed by atoms with van der Waals surface area (Å²) in [5.41, 5.74) is 1.62. The molecule has 5 nitrogen and oxygen atoms in total. The molecule has 1 saturated heterocycles. The molecule has 0 aliphatic carbocycles. The van der Waals surface area contributed by atoms with E-state index in [-0.39, 0.29) is 11.9 Å². The maximum absolute atomic E-state index is 12.8. The van der Waals surface area contributed by atoms with Crippen molar-refractivity contribution in [1.82, 2.24) is 14.7 Å². The van der Waals surface area contributed by atoms with Crippen molar-refractivity contribution in [3.63, 3.8) is 0 Å². The molecule has 0 spiro atoms. The van der Waals surface area contributed by atoms with Crippen LogP contribution in [0.2, 0.25) is 5.02 Å². The van der Waals surface area contributed by atoms with Gasteiger partial charge in [-0.2, -0.15) is 5.10 Å². The van der Waals surface area contributed by atoms with Gasteiger partial charge in [-0.1, -0.05) is 23.7 Å². The Hall–Kier alpha value is -1.85. The summed E-state index contributed by atoms with van der Waals surface area (Å²) in [5, 5.41) is 15.2. The van der Waals surface area contributed by atoms with Gasteiger partial charge in [-0.15, -0.1) is 0 Å². The summed E-state index contributed by atoms with van der Waals surface area (Å²) >= 11 is 5.92. The molecule has 1 fully saturated rings. The van der Waals surface area contributed by atoms with Crippen molar-refractivity contribution in [2.24, 2.45) is 7.05 Å². The first-order chi connectivity index (χ1) is 11.0. The van der Waals surface area contributed by atoms with Crippen LogP contribution >= 0.6 is 11.6 Å². The summed E-state index contributed by atoms with van der Waals surface area (Å²) in [5.74, 6) is -0.0733. The Labute approximate surface area is 140 Å². The number of hydrogen-bond donors (Lipinski definition) is 1. The van der Waals surface area contributed by atoms with Gasteiger partial charge < -0.3 is 10.0 Å². The van der Waals surface area contributed by atoms with Gasteiger partial charge >= 0.3 is 0 Å². The number of aliphatic hydroxyl groups excluding tert-OH is 1. The number of aliphatic hydroxyl groups is 1. The summed E-state index contributed by atoms with van der Waals surface area (Å²) in [7, 11) is 1.78. The second-order valence-electron chi connectivity index (χ2n) is 6.01. The van der Waals surface area contributed by atoms with Gasteiger partial charge in [0.15, 0.2) is 0 Å². The van der Waals surface area contributed by atoms with Crippen LogP contribution in [0.3, 0.4) is 0 Å². The van der Waals surface area contributed by atoms with Crippen LogP contribution in [0.4, 0.5) is 0 Å². The van der Waals surface area contributed by atoms with E-state index in [4.69, 9.17) is 11.6 Å². The van der Waals surface area contributed by atoms with Crippen molar-refractivity contribution in [2.45, 2.75) is 31.4 Å². The van der Waals surface area contributed by atoms with Crippen molar-refractivity contribution in [1.29, 1.82) is 0 Å². The summed E-state index contributed by atoms with van der Waals surface area (Å²) in [6, 6.07) is 7.32. The molecule has 23 heavy (non-hydrogen) atoms. The number of rotatable bonds is 3. The third-order valence-corrected chi connectivity index (χ3v) is 4.57. The number of carbonyl (C=O) groups is 1. The minimum atomic E-state index is -0.514. The molecule has 2 atom stereocenters. The summed E-state index contributed by atoms with van der Waals surface area (Å²) in [4.78, 5) is 14.5. The van der Waals surface area contributed by atoms with E-state index in [1.807, 2.05) is 24.3 Å². The van der Waals surface area contributed by atoms with Crippen LogP contribution in [-0.2, 0) is 13.5 Å². The zero-order chi connectivity index (χ0) is 16.4. The Bertz CT molecular complexity index is 683. The van der Waals surface area contributed by atoms with Gasteiger partial charge in [0.25, 0.3) is 5.91 Å². The minimum absolute atomic E-state index is 0.0733. The van der Waals surface area contributed by atoms with Crippen LogP contribution in [0.15, 0.2) is 36.7 Å². The van der Waals surface area contributed by atoms with Gasteiger partial charge in [0.1, 0.15) is 0 Å². The molecule has 0 saturated carbocycles. The largest absolute Gasteiger partial charge is 0.391 e.